The van der Waals surface area contributed by atoms with E-state index in [1.165, 1.54) is 11.8 Å². The Morgan fingerprint density at radius 3 is 2.50 bits per heavy atom. The molecule has 5 aromatic rings. The molecule has 1 saturated heterocycles. The molecular weight excluding hydrogens is 684 g/mol. The quantitative estimate of drug-likeness (QED) is 0.0975. The number of nitrogens with zero attached hydrogens (tertiary/aromatic N) is 2. The smallest absolute Gasteiger partial charge is 0.323 e. The molecule has 1 fully saturated rings. The molecule has 6 rings (SSSR count). The molecule has 1 aromatic heterocycles. The van der Waals surface area contributed by atoms with Crippen molar-refractivity contribution in [1.29, 1.82) is 0 Å². The Balaban J connectivity index is 1.23. The lowest BCUT2D eigenvalue weighted by Gasteiger charge is -2.16. The second kappa shape index (κ2) is 15.6. The Kier molecular flexibility index (Phi) is 11.0. The number of aliphatic hydroxyl groups excluding tert-OH is 1. The number of halogens is 3. The number of methoxy groups -OCH3 is 1. The fraction of sp³-hybridized carbons (Fsp3) is 0.270. The second-order valence-electron chi connectivity index (χ2n) is 12.2. The van der Waals surface area contributed by atoms with Crippen LogP contribution in [-0.2, 0) is 29.2 Å². The van der Waals surface area contributed by atoms with E-state index < -0.39 is 24.6 Å². The van der Waals surface area contributed by atoms with E-state index in [1.807, 2.05) is 54.6 Å². The van der Waals surface area contributed by atoms with Crippen molar-refractivity contribution in [2.75, 3.05) is 20.3 Å². The summed E-state index contributed by atoms with van der Waals surface area (Å²) in [5.74, 6) is -1.28. The maximum atomic E-state index is 15.7. The molecule has 2 atom stereocenters. The van der Waals surface area contributed by atoms with Crippen LogP contribution in [0.15, 0.2) is 72.8 Å². The highest BCUT2D eigenvalue weighted by Crippen LogP contribution is 2.40. The van der Waals surface area contributed by atoms with E-state index in [4.69, 9.17) is 27.9 Å². The fourth-order valence-corrected chi connectivity index (χ4v) is 6.81. The zero-order chi connectivity index (χ0) is 35.4. The molecule has 0 bridgehead atoms. The standard InChI is InChI=1S/C37H36Cl2FN5O5/c1-50-32-15-24(29(38)14-23(32)17-42-30(20-46)37(48)49)19-45-31-7-3-5-27(34(31)36(40)44-45)28-6-2-4-26(35(28)39)22-10-8-21(9-11-22)16-41-18-25-12-13-33(47)43-25/h2-11,14-15,25,30,41-42,46H,12-13,16-20H2,1H3,(H,43,47)(H,48,49)/t25-,30-/m0/s1. The molecule has 4 aromatic carbocycles. The van der Waals surface area contributed by atoms with Crippen molar-refractivity contribution in [3.8, 4) is 28.0 Å². The van der Waals surface area contributed by atoms with Gasteiger partial charge in [0.1, 0.15) is 11.8 Å². The third kappa shape index (κ3) is 7.62. The van der Waals surface area contributed by atoms with Crippen LogP contribution in [0.1, 0.15) is 29.5 Å². The highest BCUT2D eigenvalue weighted by atomic mass is 35.5. The van der Waals surface area contributed by atoms with Crippen LogP contribution in [-0.4, -0.2) is 64.2 Å². The van der Waals surface area contributed by atoms with Gasteiger partial charge in [-0.05, 0) is 46.9 Å². The van der Waals surface area contributed by atoms with Gasteiger partial charge in [0.15, 0.2) is 0 Å². The molecule has 0 unspecified atom stereocenters. The number of hydrogen-bond donors (Lipinski definition) is 5. The first-order valence-electron chi connectivity index (χ1n) is 16.1. The first-order valence-corrected chi connectivity index (χ1v) is 16.9. The summed E-state index contributed by atoms with van der Waals surface area (Å²) >= 11 is 13.7. The SMILES string of the molecule is COc1cc(Cn2nc(F)c3c(-c4cccc(-c5ccc(CNC[C@@H]6CCC(=O)N6)cc5)c4Cl)cccc32)c(Cl)cc1CN[C@@H](CO)C(=O)O. The van der Waals surface area contributed by atoms with Crippen molar-refractivity contribution < 1.29 is 28.9 Å². The van der Waals surface area contributed by atoms with Crippen LogP contribution in [0.5, 0.6) is 5.75 Å². The van der Waals surface area contributed by atoms with Crippen molar-refractivity contribution in [2.24, 2.45) is 0 Å². The highest BCUT2D eigenvalue weighted by Gasteiger charge is 2.22. The van der Waals surface area contributed by atoms with Gasteiger partial charge in [0, 0.05) is 53.8 Å². The predicted molar refractivity (Wildman–Crippen MR) is 191 cm³/mol. The van der Waals surface area contributed by atoms with E-state index in [0.717, 1.165) is 23.1 Å². The number of rotatable bonds is 14. The third-order valence-electron chi connectivity index (χ3n) is 8.88. The number of hydrogen-bond acceptors (Lipinski definition) is 7. The number of carbonyl (C=O) groups is 2. The lowest BCUT2D eigenvalue weighted by molar-refractivity contribution is -0.140. The molecule has 260 valence electrons. The average Bonchev–Trinajstić information content (AvgIpc) is 3.67. The van der Waals surface area contributed by atoms with Crippen LogP contribution in [0.4, 0.5) is 4.39 Å². The lowest BCUT2D eigenvalue weighted by Crippen LogP contribution is -2.39. The summed E-state index contributed by atoms with van der Waals surface area (Å²) in [6, 6.07) is 21.6. The van der Waals surface area contributed by atoms with Crippen molar-refractivity contribution >= 4 is 46.0 Å². The number of ether oxygens (including phenoxy) is 1. The van der Waals surface area contributed by atoms with Crippen LogP contribution >= 0.6 is 23.2 Å². The zero-order valence-corrected chi connectivity index (χ0v) is 28.7. The number of amides is 1. The number of nitrogens with one attached hydrogen (secondary N) is 3. The van der Waals surface area contributed by atoms with Gasteiger partial charge in [0.25, 0.3) is 0 Å². The van der Waals surface area contributed by atoms with Crippen molar-refractivity contribution in [1.82, 2.24) is 25.7 Å². The minimum absolute atomic E-state index is 0.0902. The monoisotopic (exact) mass is 719 g/mol. The summed E-state index contributed by atoms with van der Waals surface area (Å²) in [5, 5.41) is 33.1. The summed E-state index contributed by atoms with van der Waals surface area (Å²) in [6.45, 7) is 1.03. The number of aliphatic carboxylic acids is 1. The molecule has 10 nitrogen and oxygen atoms in total. The van der Waals surface area contributed by atoms with Crippen molar-refractivity contribution in [3.05, 3.63) is 105 Å². The van der Waals surface area contributed by atoms with Crippen molar-refractivity contribution in [3.63, 3.8) is 0 Å². The molecule has 13 heteroatoms. The number of benzene rings is 4. The van der Waals surface area contributed by atoms with Gasteiger partial charge in [0.05, 0.1) is 36.2 Å². The molecule has 0 spiro atoms. The molecule has 0 radical (unpaired) electrons. The van der Waals surface area contributed by atoms with E-state index in [-0.39, 0.29) is 25.0 Å². The molecule has 1 amide bonds. The lowest BCUT2D eigenvalue weighted by atomic mass is 9.96. The summed E-state index contributed by atoms with van der Waals surface area (Å²) in [5.41, 5.74) is 5.84. The van der Waals surface area contributed by atoms with E-state index in [2.05, 4.69) is 21.0 Å². The number of carboxylic acid groups (broad SMARTS) is 1. The Hall–Kier alpha value is -4.52. The van der Waals surface area contributed by atoms with Crippen LogP contribution in [0, 0.1) is 5.95 Å². The normalized spacial score (nSPS) is 15.0. The van der Waals surface area contributed by atoms with Crippen LogP contribution in [0.25, 0.3) is 33.2 Å². The van der Waals surface area contributed by atoms with Gasteiger partial charge in [0.2, 0.25) is 11.9 Å². The Morgan fingerprint density at radius 2 is 1.80 bits per heavy atom. The third-order valence-corrected chi connectivity index (χ3v) is 9.64. The number of aliphatic hydroxyl groups is 1. The largest absolute Gasteiger partial charge is 0.496 e. The van der Waals surface area contributed by atoms with Gasteiger partial charge in [-0.15, -0.1) is 5.10 Å². The molecule has 5 N–H and O–H groups in total. The molecule has 0 saturated carbocycles. The number of aromatic nitrogens is 2. The fourth-order valence-electron chi connectivity index (χ4n) is 6.22. The maximum Gasteiger partial charge on any atom is 0.323 e. The average molecular weight is 721 g/mol. The van der Waals surface area contributed by atoms with Gasteiger partial charge >= 0.3 is 5.97 Å². The van der Waals surface area contributed by atoms with E-state index in [0.29, 0.717) is 68.5 Å². The number of carbonyl (C=O) groups excluding carboxylic acids is 1. The summed E-state index contributed by atoms with van der Waals surface area (Å²) in [7, 11) is 1.48. The van der Waals surface area contributed by atoms with Gasteiger partial charge < -0.3 is 25.6 Å². The zero-order valence-electron chi connectivity index (χ0n) is 27.2. The van der Waals surface area contributed by atoms with Crippen molar-refractivity contribution in [2.45, 2.75) is 44.6 Å². The van der Waals surface area contributed by atoms with Crippen LogP contribution in [0.2, 0.25) is 10.0 Å². The van der Waals surface area contributed by atoms with Gasteiger partial charge in [-0.2, -0.15) is 4.39 Å². The summed E-state index contributed by atoms with van der Waals surface area (Å²) in [4.78, 5) is 22.7. The molecule has 2 heterocycles. The van der Waals surface area contributed by atoms with E-state index in [9.17, 15) is 19.8 Å². The molecule has 0 aliphatic carbocycles. The molecule has 1 aliphatic rings. The topological polar surface area (TPSA) is 138 Å². The molecular formula is C37H36Cl2FN5O5. The van der Waals surface area contributed by atoms with E-state index >= 15 is 4.39 Å². The van der Waals surface area contributed by atoms with Gasteiger partial charge in [-0.1, -0.05) is 77.8 Å². The minimum Gasteiger partial charge on any atom is -0.496 e. The predicted octanol–water partition coefficient (Wildman–Crippen LogP) is 5.78. The first kappa shape index (κ1) is 35.3. The number of fused-ring (bicyclic) bond motifs is 1. The first-order chi connectivity index (χ1) is 24.2. The molecule has 1 aliphatic heterocycles. The Morgan fingerprint density at radius 1 is 1.06 bits per heavy atom. The number of carboxylic acids is 1. The maximum absolute atomic E-state index is 15.7. The Bertz CT molecular complexity index is 2040. The Labute approximate surface area is 298 Å². The van der Waals surface area contributed by atoms with Crippen LogP contribution < -0.4 is 20.7 Å². The minimum atomic E-state index is -1.18. The molecule has 50 heavy (non-hydrogen) atoms. The summed E-state index contributed by atoms with van der Waals surface area (Å²) in [6.07, 6.45) is 1.43. The summed E-state index contributed by atoms with van der Waals surface area (Å²) < 4.78 is 22.8. The second-order valence-corrected chi connectivity index (χ2v) is 12.9. The van der Waals surface area contributed by atoms with Crippen LogP contribution in [0.3, 0.4) is 0 Å². The van der Waals surface area contributed by atoms with Gasteiger partial charge in [-0.3, -0.25) is 19.6 Å². The van der Waals surface area contributed by atoms with Gasteiger partial charge in [-0.25, -0.2) is 0 Å². The highest BCUT2D eigenvalue weighted by molar-refractivity contribution is 6.36. The van der Waals surface area contributed by atoms with E-state index in [1.54, 1.807) is 18.2 Å².